The van der Waals surface area contributed by atoms with Crippen LogP contribution in [0, 0.1) is 5.92 Å². The van der Waals surface area contributed by atoms with E-state index in [1.165, 1.54) is 0 Å². The van der Waals surface area contributed by atoms with Gasteiger partial charge in [0.1, 0.15) is 5.65 Å². The van der Waals surface area contributed by atoms with Crippen LogP contribution in [0.5, 0.6) is 0 Å². The molecule has 0 atom stereocenters. The normalized spacial score (nSPS) is 11.6. The quantitative estimate of drug-likeness (QED) is 0.830. The second kappa shape index (κ2) is 6.43. The Morgan fingerprint density at radius 1 is 1.48 bits per heavy atom. The highest BCUT2D eigenvalue weighted by molar-refractivity contribution is 5.86. The van der Waals surface area contributed by atoms with Crippen LogP contribution >= 0.6 is 0 Å². The number of imidazole rings is 1. The highest BCUT2D eigenvalue weighted by Crippen LogP contribution is 2.23. The topological polar surface area (TPSA) is 57.8 Å². The number of aliphatic carboxylic acids is 1. The maximum Gasteiger partial charge on any atom is 0.328 e. The second-order valence-corrected chi connectivity index (χ2v) is 5.53. The maximum absolute atomic E-state index is 10.8. The van der Waals surface area contributed by atoms with E-state index in [9.17, 15) is 4.79 Å². The number of fused-ring (bicyclic) bond motifs is 1. The van der Waals surface area contributed by atoms with Gasteiger partial charge in [-0.2, -0.15) is 0 Å². The van der Waals surface area contributed by atoms with E-state index in [4.69, 9.17) is 5.11 Å². The fourth-order valence-corrected chi connectivity index (χ4v) is 2.15. The SMILES string of the molecule is CC(C)CCN(C)c1nc2ccccn2c1C=CC(=O)O. The second-order valence-electron chi connectivity index (χ2n) is 5.53. The summed E-state index contributed by atoms with van der Waals surface area (Å²) in [5, 5.41) is 8.86. The Bertz CT molecular complexity index is 659. The summed E-state index contributed by atoms with van der Waals surface area (Å²) < 4.78 is 1.90. The largest absolute Gasteiger partial charge is 0.478 e. The molecule has 2 aromatic rings. The molecule has 2 aromatic heterocycles. The molecule has 5 nitrogen and oxygen atoms in total. The van der Waals surface area contributed by atoms with E-state index in [1.54, 1.807) is 6.08 Å². The van der Waals surface area contributed by atoms with Gasteiger partial charge in [-0.25, -0.2) is 9.78 Å². The molecule has 2 heterocycles. The Morgan fingerprint density at radius 3 is 2.90 bits per heavy atom. The molecule has 0 amide bonds. The molecule has 0 aliphatic heterocycles. The molecule has 0 fully saturated rings. The third-order valence-electron chi connectivity index (χ3n) is 3.33. The molecule has 1 N–H and O–H groups in total. The van der Waals surface area contributed by atoms with Gasteiger partial charge in [0.05, 0.1) is 5.69 Å². The van der Waals surface area contributed by atoms with Crippen LogP contribution in [0.4, 0.5) is 5.82 Å². The van der Waals surface area contributed by atoms with E-state index >= 15 is 0 Å². The molecule has 0 radical (unpaired) electrons. The summed E-state index contributed by atoms with van der Waals surface area (Å²) in [4.78, 5) is 17.5. The van der Waals surface area contributed by atoms with Crippen molar-refractivity contribution in [3.63, 3.8) is 0 Å². The average Bonchev–Trinajstić information content (AvgIpc) is 2.81. The van der Waals surface area contributed by atoms with E-state index in [1.807, 2.05) is 35.8 Å². The van der Waals surface area contributed by atoms with E-state index in [2.05, 4.69) is 23.7 Å². The summed E-state index contributed by atoms with van der Waals surface area (Å²) in [5.41, 5.74) is 1.60. The third kappa shape index (κ3) is 3.62. The van der Waals surface area contributed by atoms with Crippen molar-refractivity contribution in [2.75, 3.05) is 18.5 Å². The Morgan fingerprint density at radius 2 is 2.24 bits per heavy atom. The molecular weight excluding hydrogens is 266 g/mol. The van der Waals surface area contributed by atoms with Crippen molar-refractivity contribution in [3.8, 4) is 0 Å². The van der Waals surface area contributed by atoms with Gasteiger partial charge < -0.3 is 10.0 Å². The van der Waals surface area contributed by atoms with Crippen LogP contribution in [-0.2, 0) is 4.79 Å². The summed E-state index contributed by atoms with van der Waals surface area (Å²) in [6, 6.07) is 5.74. The van der Waals surface area contributed by atoms with Crippen molar-refractivity contribution >= 4 is 23.5 Å². The van der Waals surface area contributed by atoms with Crippen LogP contribution in [0.25, 0.3) is 11.7 Å². The first kappa shape index (κ1) is 15.1. The van der Waals surface area contributed by atoms with Crippen LogP contribution in [0.2, 0.25) is 0 Å². The predicted octanol–water partition coefficient (Wildman–Crippen LogP) is 2.91. The number of carbonyl (C=O) groups is 1. The van der Waals surface area contributed by atoms with Crippen molar-refractivity contribution < 1.29 is 9.90 Å². The lowest BCUT2D eigenvalue weighted by molar-refractivity contribution is -0.131. The molecule has 0 aliphatic rings. The number of carboxylic acid groups (broad SMARTS) is 1. The number of anilines is 1. The molecule has 112 valence electrons. The smallest absolute Gasteiger partial charge is 0.328 e. The first-order chi connectivity index (χ1) is 9.99. The van der Waals surface area contributed by atoms with Crippen molar-refractivity contribution in [1.29, 1.82) is 0 Å². The number of rotatable bonds is 6. The van der Waals surface area contributed by atoms with Crippen molar-refractivity contribution in [3.05, 3.63) is 36.2 Å². The molecule has 0 bridgehead atoms. The lowest BCUT2D eigenvalue weighted by Gasteiger charge is -2.18. The molecule has 0 aromatic carbocycles. The fourth-order valence-electron chi connectivity index (χ4n) is 2.15. The molecule has 5 heteroatoms. The number of pyridine rings is 1. The lowest BCUT2D eigenvalue weighted by atomic mass is 10.1. The number of nitrogens with zero attached hydrogens (tertiary/aromatic N) is 3. The molecule has 0 unspecified atom stereocenters. The maximum atomic E-state index is 10.8. The van der Waals surface area contributed by atoms with Gasteiger partial charge in [0.25, 0.3) is 0 Å². The van der Waals surface area contributed by atoms with Crippen molar-refractivity contribution in [2.24, 2.45) is 5.92 Å². The van der Waals surface area contributed by atoms with Gasteiger partial charge in [-0.3, -0.25) is 4.40 Å². The first-order valence-electron chi connectivity index (χ1n) is 7.08. The van der Waals surface area contributed by atoms with Crippen molar-refractivity contribution in [2.45, 2.75) is 20.3 Å². The number of hydrogen-bond acceptors (Lipinski definition) is 3. The molecule has 0 spiro atoms. The molecular formula is C16H21N3O2. The predicted molar refractivity (Wildman–Crippen MR) is 84.6 cm³/mol. The van der Waals surface area contributed by atoms with Gasteiger partial charge in [-0.05, 0) is 30.5 Å². The zero-order valence-corrected chi connectivity index (χ0v) is 12.7. The minimum atomic E-state index is -0.961. The fraction of sp³-hybridized carbons (Fsp3) is 0.375. The minimum absolute atomic E-state index is 0.613. The van der Waals surface area contributed by atoms with Gasteiger partial charge in [0.2, 0.25) is 0 Å². The summed E-state index contributed by atoms with van der Waals surface area (Å²) in [5.74, 6) is 0.457. The number of hydrogen-bond donors (Lipinski definition) is 1. The van der Waals surface area contributed by atoms with Crippen LogP contribution in [0.15, 0.2) is 30.5 Å². The monoisotopic (exact) mass is 287 g/mol. The number of aromatic nitrogens is 2. The van der Waals surface area contributed by atoms with Gasteiger partial charge in [0.15, 0.2) is 5.82 Å². The van der Waals surface area contributed by atoms with E-state index in [0.29, 0.717) is 5.92 Å². The molecule has 0 saturated carbocycles. The Labute approximate surface area is 124 Å². The molecule has 2 rings (SSSR count). The highest BCUT2D eigenvalue weighted by atomic mass is 16.4. The summed E-state index contributed by atoms with van der Waals surface area (Å²) >= 11 is 0. The Kier molecular flexibility index (Phi) is 4.62. The number of carboxylic acids is 1. The Hall–Kier alpha value is -2.30. The van der Waals surface area contributed by atoms with Crippen LogP contribution in [-0.4, -0.2) is 34.1 Å². The zero-order valence-electron chi connectivity index (χ0n) is 12.7. The first-order valence-corrected chi connectivity index (χ1v) is 7.08. The van der Waals surface area contributed by atoms with E-state index in [0.717, 1.165) is 36.2 Å². The molecule has 21 heavy (non-hydrogen) atoms. The standard InChI is InChI=1S/C16H21N3O2/c1-12(2)9-11-18(3)16-13(7-8-15(20)21)19-10-5-4-6-14(19)17-16/h4-8,10,12H,9,11H2,1-3H3,(H,20,21). The van der Waals surface area contributed by atoms with E-state index in [-0.39, 0.29) is 0 Å². The summed E-state index contributed by atoms with van der Waals surface area (Å²) in [6.45, 7) is 5.25. The van der Waals surface area contributed by atoms with Crippen molar-refractivity contribution in [1.82, 2.24) is 9.38 Å². The van der Waals surface area contributed by atoms with Crippen LogP contribution < -0.4 is 4.90 Å². The lowest BCUT2D eigenvalue weighted by Crippen LogP contribution is -2.21. The Balaban J connectivity index is 2.41. The third-order valence-corrected chi connectivity index (χ3v) is 3.33. The summed E-state index contributed by atoms with van der Waals surface area (Å²) in [7, 11) is 1.99. The van der Waals surface area contributed by atoms with Gasteiger partial charge in [0, 0.05) is 25.9 Å². The highest BCUT2D eigenvalue weighted by Gasteiger charge is 2.14. The van der Waals surface area contributed by atoms with Gasteiger partial charge in [-0.1, -0.05) is 19.9 Å². The zero-order chi connectivity index (χ0) is 15.4. The van der Waals surface area contributed by atoms with Crippen LogP contribution in [0.3, 0.4) is 0 Å². The molecule has 0 saturated heterocycles. The van der Waals surface area contributed by atoms with E-state index < -0.39 is 5.97 Å². The average molecular weight is 287 g/mol. The summed E-state index contributed by atoms with van der Waals surface area (Å²) in [6.07, 6.45) is 5.70. The van der Waals surface area contributed by atoms with Gasteiger partial charge >= 0.3 is 5.97 Å². The minimum Gasteiger partial charge on any atom is -0.478 e. The van der Waals surface area contributed by atoms with Gasteiger partial charge in [-0.15, -0.1) is 0 Å². The van der Waals surface area contributed by atoms with Crippen LogP contribution in [0.1, 0.15) is 26.0 Å². The molecule has 0 aliphatic carbocycles.